The van der Waals surface area contributed by atoms with Crippen LogP contribution in [0.1, 0.15) is 46.9 Å². The minimum Gasteiger partial charge on any atom is -0.373 e. The number of hydrogen-bond donors (Lipinski definition) is 1. The van der Waals surface area contributed by atoms with Gasteiger partial charge in [-0.25, -0.2) is 0 Å². The van der Waals surface area contributed by atoms with E-state index in [1.807, 2.05) is 0 Å². The average molecular weight is 340 g/mol. The molecular formula is C20H24N2O3. The van der Waals surface area contributed by atoms with Crippen LogP contribution in [0.15, 0.2) is 47.4 Å². The highest BCUT2D eigenvalue weighted by molar-refractivity contribution is 5.93. The lowest BCUT2D eigenvalue weighted by molar-refractivity contribution is 0.0393. The van der Waals surface area contributed by atoms with Crippen molar-refractivity contribution in [1.29, 1.82) is 0 Å². The fourth-order valence-corrected chi connectivity index (χ4v) is 3.21. The zero-order chi connectivity index (χ0) is 17.6. The predicted octanol–water partition coefficient (Wildman–Crippen LogP) is 2.60. The number of carbonyl (C=O) groups is 1. The molecule has 0 aliphatic heterocycles. The Morgan fingerprint density at radius 2 is 2.12 bits per heavy atom. The maximum absolute atomic E-state index is 12.1. The van der Waals surface area contributed by atoms with E-state index in [0.717, 1.165) is 25.7 Å². The molecule has 25 heavy (non-hydrogen) atoms. The van der Waals surface area contributed by atoms with Gasteiger partial charge in [0.2, 0.25) is 5.56 Å². The number of ether oxygens (including phenoxy) is 1. The number of aryl methyl sites for hydroxylation is 2. The number of benzene rings is 1. The molecule has 0 bridgehead atoms. The lowest BCUT2D eigenvalue weighted by Crippen LogP contribution is -2.27. The van der Waals surface area contributed by atoms with Gasteiger partial charge in [-0.15, -0.1) is 0 Å². The van der Waals surface area contributed by atoms with Crippen LogP contribution in [0.5, 0.6) is 0 Å². The number of pyridine rings is 1. The molecule has 0 saturated carbocycles. The number of aromatic nitrogens is 1. The van der Waals surface area contributed by atoms with Crippen molar-refractivity contribution in [3.8, 4) is 0 Å². The minimum absolute atomic E-state index is 0.127. The van der Waals surface area contributed by atoms with E-state index in [-0.39, 0.29) is 17.6 Å². The Morgan fingerprint density at radius 3 is 2.96 bits per heavy atom. The number of hydrogen-bond acceptors (Lipinski definition) is 3. The lowest BCUT2D eigenvalue weighted by Gasteiger charge is -2.25. The Morgan fingerprint density at radius 1 is 1.28 bits per heavy atom. The van der Waals surface area contributed by atoms with Crippen LogP contribution in [0.25, 0.3) is 0 Å². The smallest absolute Gasteiger partial charge is 0.252 e. The third-order valence-electron chi connectivity index (χ3n) is 4.59. The molecule has 1 aliphatic carbocycles. The Balaban J connectivity index is 1.43. The van der Waals surface area contributed by atoms with Gasteiger partial charge in [-0.2, -0.15) is 0 Å². The summed E-state index contributed by atoms with van der Waals surface area (Å²) in [6, 6.07) is 11.4. The molecule has 1 aliphatic rings. The van der Waals surface area contributed by atoms with Crippen LogP contribution < -0.4 is 10.9 Å². The lowest BCUT2D eigenvalue weighted by atomic mass is 9.89. The SMILES string of the molecule is Cn1cc(C(=O)NCCCOC2CCCc3ccccc32)ccc1=O. The molecule has 3 rings (SSSR count). The first kappa shape index (κ1) is 17.4. The Bertz CT molecular complexity index is 798. The molecule has 1 aromatic carbocycles. The molecule has 2 aromatic rings. The van der Waals surface area contributed by atoms with E-state index < -0.39 is 0 Å². The van der Waals surface area contributed by atoms with Gasteiger partial charge in [0.05, 0.1) is 11.7 Å². The van der Waals surface area contributed by atoms with Crippen LogP contribution in [0, 0.1) is 0 Å². The first-order chi connectivity index (χ1) is 12.1. The molecule has 1 amide bonds. The fraction of sp³-hybridized carbons (Fsp3) is 0.400. The second-order valence-corrected chi connectivity index (χ2v) is 6.43. The van der Waals surface area contributed by atoms with Gasteiger partial charge < -0.3 is 14.6 Å². The maximum atomic E-state index is 12.1. The summed E-state index contributed by atoms with van der Waals surface area (Å²) in [4.78, 5) is 23.4. The minimum atomic E-state index is -0.168. The van der Waals surface area contributed by atoms with Crippen molar-refractivity contribution in [3.05, 3.63) is 69.6 Å². The molecule has 1 unspecified atom stereocenters. The van der Waals surface area contributed by atoms with Crippen LogP contribution in [-0.4, -0.2) is 23.6 Å². The van der Waals surface area contributed by atoms with Gasteiger partial charge in [-0.1, -0.05) is 24.3 Å². The van der Waals surface area contributed by atoms with Crippen LogP contribution >= 0.6 is 0 Å². The molecule has 0 radical (unpaired) electrons. The van der Waals surface area contributed by atoms with Crippen molar-refractivity contribution in [2.24, 2.45) is 7.05 Å². The van der Waals surface area contributed by atoms with E-state index in [0.29, 0.717) is 18.7 Å². The first-order valence-corrected chi connectivity index (χ1v) is 8.79. The van der Waals surface area contributed by atoms with Gasteiger partial charge in [-0.3, -0.25) is 9.59 Å². The molecule has 0 spiro atoms. The quantitative estimate of drug-likeness (QED) is 0.822. The molecule has 5 nitrogen and oxygen atoms in total. The Hall–Kier alpha value is -2.40. The molecule has 0 saturated heterocycles. The number of rotatable bonds is 6. The van der Waals surface area contributed by atoms with Crippen LogP contribution in [0.2, 0.25) is 0 Å². The molecule has 0 fully saturated rings. The largest absolute Gasteiger partial charge is 0.373 e. The van der Waals surface area contributed by atoms with Gasteiger partial charge in [-0.05, 0) is 42.9 Å². The molecular weight excluding hydrogens is 316 g/mol. The summed E-state index contributed by atoms with van der Waals surface area (Å²) in [5, 5.41) is 2.87. The van der Waals surface area contributed by atoms with Gasteiger partial charge in [0.25, 0.3) is 5.91 Å². The van der Waals surface area contributed by atoms with Gasteiger partial charge >= 0.3 is 0 Å². The third kappa shape index (κ3) is 4.37. The summed E-state index contributed by atoms with van der Waals surface area (Å²) in [6.45, 7) is 1.17. The number of nitrogens with one attached hydrogen (secondary N) is 1. The number of nitrogens with zero attached hydrogens (tertiary/aromatic N) is 1. The average Bonchev–Trinajstić information content (AvgIpc) is 2.63. The monoisotopic (exact) mass is 340 g/mol. The van der Waals surface area contributed by atoms with Crippen molar-refractivity contribution in [3.63, 3.8) is 0 Å². The number of carbonyl (C=O) groups excluding carboxylic acids is 1. The standard InChI is InChI=1S/C20H24N2O3/c1-22-14-16(10-11-19(22)23)20(24)21-12-5-13-25-18-9-4-7-15-6-2-3-8-17(15)18/h2-3,6,8,10-11,14,18H,4-5,7,9,12-13H2,1H3,(H,21,24). The number of amides is 1. The third-order valence-corrected chi connectivity index (χ3v) is 4.59. The maximum Gasteiger partial charge on any atom is 0.252 e. The van der Waals surface area contributed by atoms with E-state index in [2.05, 4.69) is 29.6 Å². The molecule has 5 heteroatoms. The molecule has 1 atom stereocenters. The van der Waals surface area contributed by atoms with E-state index in [1.165, 1.54) is 21.8 Å². The van der Waals surface area contributed by atoms with Crippen molar-refractivity contribution in [2.45, 2.75) is 31.8 Å². The molecule has 132 valence electrons. The summed E-state index contributed by atoms with van der Waals surface area (Å²) in [5.41, 5.74) is 3.06. The van der Waals surface area contributed by atoms with Gasteiger partial charge in [0.1, 0.15) is 0 Å². The molecule has 1 heterocycles. The van der Waals surface area contributed by atoms with Crippen LogP contribution in [-0.2, 0) is 18.2 Å². The first-order valence-electron chi connectivity index (χ1n) is 8.79. The second-order valence-electron chi connectivity index (χ2n) is 6.43. The highest BCUT2D eigenvalue weighted by Gasteiger charge is 2.19. The zero-order valence-corrected chi connectivity index (χ0v) is 14.5. The zero-order valence-electron chi connectivity index (χ0n) is 14.5. The summed E-state index contributed by atoms with van der Waals surface area (Å²) in [7, 11) is 1.63. The van der Waals surface area contributed by atoms with E-state index in [4.69, 9.17) is 4.74 Å². The van der Waals surface area contributed by atoms with Crippen LogP contribution in [0.3, 0.4) is 0 Å². The Kier molecular flexibility index (Phi) is 5.66. The van der Waals surface area contributed by atoms with Crippen molar-refractivity contribution in [2.75, 3.05) is 13.2 Å². The highest BCUT2D eigenvalue weighted by Crippen LogP contribution is 2.32. The van der Waals surface area contributed by atoms with Crippen LogP contribution in [0.4, 0.5) is 0 Å². The van der Waals surface area contributed by atoms with Crippen molar-refractivity contribution >= 4 is 5.91 Å². The number of fused-ring (bicyclic) bond motifs is 1. The van der Waals surface area contributed by atoms with Crippen molar-refractivity contribution < 1.29 is 9.53 Å². The van der Waals surface area contributed by atoms with Crippen molar-refractivity contribution in [1.82, 2.24) is 9.88 Å². The topological polar surface area (TPSA) is 60.3 Å². The van der Waals surface area contributed by atoms with Gasteiger partial charge in [0, 0.05) is 32.5 Å². The fourth-order valence-electron chi connectivity index (χ4n) is 3.21. The molecule has 1 N–H and O–H groups in total. The summed E-state index contributed by atoms with van der Waals surface area (Å²) in [5.74, 6) is -0.168. The normalized spacial score (nSPS) is 16.3. The predicted molar refractivity (Wildman–Crippen MR) is 96.7 cm³/mol. The second kappa shape index (κ2) is 8.12. The van der Waals surface area contributed by atoms with E-state index in [1.54, 1.807) is 19.3 Å². The summed E-state index contributed by atoms with van der Waals surface area (Å²) < 4.78 is 7.44. The van der Waals surface area contributed by atoms with E-state index >= 15 is 0 Å². The summed E-state index contributed by atoms with van der Waals surface area (Å²) >= 11 is 0. The summed E-state index contributed by atoms with van der Waals surface area (Å²) in [6.07, 6.45) is 5.82. The highest BCUT2D eigenvalue weighted by atomic mass is 16.5. The molecule has 1 aromatic heterocycles. The van der Waals surface area contributed by atoms with E-state index in [9.17, 15) is 9.59 Å². The van der Waals surface area contributed by atoms with Gasteiger partial charge in [0.15, 0.2) is 0 Å². The Labute approximate surface area is 147 Å².